The summed E-state index contributed by atoms with van der Waals surface area (Å²) in [5.74, 6) is 0.404. The van der Waals surface area contributed by atoms with Crippen LogP contribution in [0.5, 0.6) is 0 Å². The summed E-state index contributed by atoms with van der Waals surface area (Å²) in [5, 5.41) is 0. The number of carbonyl (C=O) groups excluding carboxylic acids is 2. The van der Waals surface area contributed by atoms with E-state index in [0.717, 1.165) is 51.7 Å². The maximum atomic E-state index is 13.1. The number of carbonyl (C=O) groups is 2. The second-order valence-corrected chi connectivity index (χ2v) is 9.28. The van der Waals surface area contributed by atoms with Gasteiger partial charge in [-0.25, -0.2) is 9.97 Å². The standard InChI is InChI=1S/C23H36N6O2/c1-17-19(22(24)31)15-25-23(26-17)20-7-3-6-12-29(20)16-21(30)28-13-8-18(9-14-28)27-10-4-2-5-11-27/h15,18,20H,2-14,16H2,1H3,(H2,24,31)/t20-/m1/s1. The van der Waals surface area contributed by atoms with Gasteiger partial charge in [0.15, 0.2) is 0 Å². The Morgan fingerprint density at radius 3 is 2.39 bits per heavy atom. The molecule has 0 aliphatic carbocycles. The number of hydrogen-bond donors (Lipinski definition) is 1. The molecule has 0 saturated carbocycles. The molecule has 8 heteroatoms. The Bertz CT molecular complexity index is 786. The molecule has 1 aromatic rings. The van der Waals surface area contributed by atoms with Crippen molar-refractivity contribution in [3.05, 3.63) is 23.3 Å². The van der Waals surface area contributed by atoms with Crippen molar-refractivity contribution in [2.24, 2.45) is 5.73 Å². The molecule has 170 valence electrons. The van der Waals surface area contributed by atoms with E-state index < -0.39 is 5.91 Å². The van der Waals surface area contributed by atoms with Gasteiger partial charge in [-0.15, -0.1) is 0 Å². The quantitative estimate of drug-likeness (QED) is 0.769. The number of aromatic nitrogens is 2. The topological polar surface area (TPSA) is 95.7 Å². The van der Waals surface area contributed by atoms with Crippen LogP contribution >= 0.6 is 0 Å². The minimum Gasteiger partial charge on any atom is -0.365 e. The molecule has 3 aliphatic rings. The third kappa shape index (κ3) is 5.23. The van der Waals surface area contributed by atoms with E-state index in [1.165, 1.54) is 38.5 Å². The lowest BCUT2D eigenvalue weighted by Crippen LogP contribution is -2.50. The molecule has 0 unspecified atom stereocenters. The van der Waals surface area contributed by atoms with E-state index in [2.05, 4.69) is 24.7 Å². The first kappa shape index (κ1) is 22.1. The Morgan fingerprint density at radius 1 is 1.00 bits per heavy atom. The fraction of sp³-hybridized carbons (Fsp3) is 0.739. The van der Waals surface area contributed by atoms with Crippen molar-refractivity contribution in [2.75, 3.05) is 39.3 Å². The number of likely N-dealkylation sites (tertiary alicyclic amines) is 3. The summed E-state index contributed by atoms with van der Waals surface area (Å²) in [4.78, 5) is 40.5. The summed E-state index contributed by atoms with van der Waals surface area (Å²) in [6.07, 6.45) is 10.8. The van der Waals surface area contributed by atoms with E-state index in [0.29, 0.717) is 29.7 Å². The van der Waals surface area contributed by atoms with Gasteiger partial charge in [-0.3, -0.25) is 14.5 Å². The molecule has 31 heavy (non-hydrogen) atoms. The molecular weight excluding hydrogens is 392 g/mol. The third-order valence-electron chi connectivity index (χ3n) is 7.24. The van der Waals surface area contributed by atoms with Crippen molar-refractivity contribution in [1.29, 1.82) is 0 Å². The number of amides is 2. The summed E-state index contributed by atoms with van der Waals surface area (Å²) < 4.78 is 0. The molecule has 0 radical (unpaired) electrons. The summed E-state index contributed by atoms with van der Waals surface area (Å²) in [5.41, 5.74) is 6.36. The van der Waals surface area contributed by atoms with Crippen LogP contribution in [0, 0.1) is 6.92 Å². The zero-order valence-corrected chi connectivity index (χ0v) is 18.8. The van der Waals surface area contributed by atoms with Crippen molar-refractivity contribution < 1.29 is 9.59 Å². The average Bonchev–Trinajstić information content (AvgIpc) is 2.80. The van der Waals surface area contributed by atoms with E-state index in [1.54, 1.807) is 6.92 Å². The van der Waals surface area contributed by atoms with Gasteiger partial charge in [0.2, 0.25) is 5.91 Å². The van der Waals surface area contributed by atoms with Crippen LogP contribution in [-0.4, -0.2) is 81.8 Å². The van der Waals surface area contributed by atoms with Gasteiger partial charge >= 0.3 is 0 Å². The first-order valence-electron chi connectivity index (χ1n) is 11.9. The zero-order chi connectivity index (χ0) is 21.8. The van der Waals surface area contributed by atoms with Gasteiger partial charge in [0.25, 0.3) is 5.91 Å². The van der Waals surface area contributed by atoms with E-state index in [9.17, 15) is 9.59 Å². The van der Waals surface area contributed by atoms with Gasteiger partial charge in [-0.05, 0) is 65.1 Å². The highest BCUT2D eigenvalue weighted by Gasteiger charge is 2.32. The minimum atomic E-state index is -0.507. The Hall–Kier alpha value is -2.06. The Morgan fingerprint density at radius 2 is 1.71 bits per heavy atom. The van der Waals surface area contributed by atoms with E-state index in [1.807, 2.05) is 0 Å². The number of nitrogens with two attached hydrogens (primary N) is 1. The second-order valence-electron chi connectivity index (χ2n) is 9.28. The highest BCUT2D eigenvalue weighted by Crippen LogP contribution is 2.29. The Kier molecular flexibility index (Phi) is 7.17. The second kappa shape index (κ2) is 10.0. The van der Waals surface area contributed by atoms with Crippen molar-refractivity contribution in [3.63, 3.8) is 0 Å². The Balaban J connectivity index is 1.35. The fourth-order valence-corrected chi connectivity index (χ4v) is 5.40. The van der Waals surface area contributed by atoms with Crippen LogP contribution in [-0.2, 0) is 4.79 Å². The lowest BCUT2D eigenvalue weighted by molar-refractivity contribution is -0.135. The molecule has 1 atom stereocenters. The smallest absolute Gasteiger partial charge is 0.252 e. The van der Waals surface area contributed by atoms with E-state index in [4.69, 9.17) is 5.73 Å². The lowest BCUT2D eigenvalue weighted by atomic mass is 9.99. The van der Waals surface area contributed by atoms with Crippen molar-refractivity contribution in [1.82, 2.24) is 24.7 Å². The zero-order valence-electron chi connectivity index (χ0n) is 18.8. The summed E-state index contributed by atoms with van der Waals surface area (Å²) in [6, 6.07) is 0.663. The van der Waals surface area contributed by atoms with Gasteiger partial charge in [0.05, 0.1) is 23.8 Å². The number of aryl methyl sites for hydroxylation is 1. The van der Waals surface area contributed by atoms with Crippen LogP contribution in [0.1, 0.15) is 79.3 Å². The fourth-order valence-electron chi connectivity index (χ4n) is 5.40. The maximum absolute atomic E-state index is 13.1. The molecule has 0 spiro atoms. The van der Waals surface area contributed by atoms with Crippen LogP contribution in [0.2, 0.25) is 0 Å². The molecule has 3 saturated heterocycles. The monoisotopic (exact) mass is 428 g/mol. The molecule has 0 bridgehead atoms. The maximum Gasteiger partial charge on any atom is 0.252 e. The normalized spacial score (nSPS) is 24.3. The van der Waals surface area contributed by atoms with Gasteiger partial charge in [0, 0.05) is 25.3 Å². The molecule has 1 aromatic heterocycles. The molecule has 0 aromatic carbocycles. The van der Waals surface area contributed by atoms with Gasteiger partial charge < -0.3 is 15.5 Å². The molecule has 4 rings (SSSR count). The number of nitrogens with zero attached hydrogens (tertiary/aromatic N) is 5. The molecule has 2 N–H and O–H groups in total. The summed E-state index contributed by atoms with van der Waals surface area (Å²) in [6.45, 7) is 7.25. The summed E-state index contributed by atoms with van der Waals surface area (Å²) in [7, 11) is 0. The largest absolute Gasteiger partial charge is 0.365 e. The van der Waals surface area contributed by atoms with Crippen LogP contribution in [0.4, 0.5) is 0 Å². The van der Waals surface area contributed by atoms with Crippen LogP contribution in [0.3, 0.4) is 0 Å². The highest BCUT2D eigenvalue weighted by molar-refractivity contribution is 5.93. The van der Waals surface area contributed by atoms with Gasteiger partial charge in [-0.2, -0.15) is 0 Å². The average molecular weight is 429 g/mol. The molecule has 3 aliphatic heterocycles. The van der Waals surface area contributed by atoms with Crippen LogP contribution < -0.4 is 5.73 Å². The molecule has 8 nitrogen and oxygen atoms in total. The molecule has 4 heterocycles. The molecular formula is C23H36N6O2. The predicted molar refractivity (Wildman–Crippen MR) is 118 cm³/mol. The van der Waals surface area contributed by atoms with Crippen molar-refractivity contribution in [3.8, 4) is 0 Å². The lowest BCUT2D eigenvalue weighted by Gasteiger charge is -2.41. The SMILES string of the molecule is Cc1nc([C@H]2CCCCN2CC(=O)N2CCC(N3CCCCC3)CC2)ncc1C(N)=O. The van der Waals surface area contributed by atoms with E-state index >= 15 is 0 Å². The first-order chi connectivity index (χ1) is 15.0. The van der Waals surface area contributed by atoms with Crippen molar-refractivity contribution in [2.45, 2.75) is 70.4 Å². The predicted octanol–water partition coefficient (Wildman–Crippen LogP) is 1.89. The number of hydrogen-bond acceptors (Lipinski definition) is 6. The number of rotatable bonds is 5. The third-order valence-corrected chi connectivity index (χ3v) is 7.24. The highest BCUT2D eigenvalue weighted by atomic mass is 16.2. The first-order valence-corrected chi connectivity index (χ1v) is 11.9. The molecule has 3 fully saturated rings. The minimum absolute atomic E-state index is 0.0178. The number of piperidine rings is 3. The molecule has 2 amide bonds. The van der Waals surface area contributed by atoms with Gasteiger partial charge in [0.1, 0.15) is 5.82 Å². The van der Waals surface area contributed by atoms with Gasteiger partial charge in [-0.1, -0.05) is 12.8 Å². The van der Waals surface area contributed by atoms with Crippen LogP contribution in [0.25, 0.3) is 0 Å². The van der Waals surface area contributed by atoms with Crippen molar-refractivity contribution >= 4 is 11.8 Å². The van der Waals surface area contributed by atoms with E-state index in [-0.39, 0.29) is 11.9 Å². The number of primary amides is 1. The Labute approximate surface area is 185 Å². The summed E-state index contributed by atoms with van der Waals surface area (Å²) >= 11 is 0. The van der Waals surface area contributed by atoms with Crippen LogP contribution in [0.15, 0.2) is 6.20 Å².